The van der Waals surface area contributed by atoms with Crippen LogP contribution >= 0.6 is 37.0 Å². The maximum Gasteiger partial charge on any atom is 0.409 e. The highest BCUT2D eigenvalue weighted by molar-refractivity contribution is 8.17. The van der Waals surface area contributed by atoms with Gasteiger partial charge >= 0.3 is 12.4 Å². The van der Waals surface area contributed by atoms with Gasteiger partial charge in [-0.15, -0.1) is 11.8 Å². The van der Waals surface area contributed by atoms with Crippen LogP contribution in [0.5, 0.6) is 0 Å². The van der Waals surface area contributed by atoms with Crippen LogP contribution in [0.4, 0.5) is 26.3 Å². The van der Waals surface area contributed by atoms with Crippen LogP contribution in [0.25, 0.3) is 0 Å². The Kier molecular flexibility index (Phi) is 4.65. The lowest BCUT2D eigenvalue weighted by molar-refractivity contribution is -0.117. The summed E-state index contributed by atoms with van der Waals surface area (Å²) in [6.07, 6.45) is -9.53. The molecule has 80 valence electrons. The van der Waals surface area contributed by atoms with E-state index in [1.165, 1.54) is 0 Å². The van der Waals surface area contributed by atoms with Gasteiger partial charge in [-0.2, -0.15) is 51.6 Å². The number of hydrogen-bond acceptors (Lipinski definition) is 3. The Labute approximate surface area is 85.3 Å². The minimum absolute atomic E-state index is 0.408. The standard InChI is InChI=1S/C4H4F6S3/c5-3(6,7)1(11)13-2(12)4(8,9)10/h1-2,11-12H. The summed E-state index contributed by atoms with van der Waals surface area (Å²) >= 11 is 5.53. The first-order chi connectivity index (χ1) is 5.55. The molecule has 2 atom stereocenters. The van der Waals surface area contributed by atoms with Crippen LogP contribution in [-0.2, 0) is 0 Å². The lowest BCUT2D eigenvalue weighted by Gasteiger charge is -2.19. The fraction of sp³-hybridized carbons (Fsp3) is 1.00. The van der Waals surface area contributed by atoms with Crippen molar-refractivity contribution in [2.75, 3.05) is 0 Å². The highest BCUT2D eigenvalue weighted by atomic mass is 32.2. The number of hydrogen-bond donors (Lipinski definition) is 2. The zero-order valence-corrected chi connectivity index (χ0v) is 8.33. The van der Waals surface area contributed by atoms with E-state index in [1.807, 2.05) is 0 Å². The van der Waals surface area contributed by atoms with E-state index in [0.717, 1.165) is 0 Å². The lowest BCUT2D eigenvalue weighted by atomic mass is 10.8. The van der Waals surface area contributed by atoms with Crippen molar-refractivity contribution in [1.29, 1.82) is 0 Å². The SMILES string of the molecule is FC(F)(F)C(S)SC(S)C(F)(F)F. The Bertz CT molecular complexity index is 144. The Morgan fingerprint density at radius 3 is 1.15 bits per heavy atom. The van der Waals surface area contributed by atoms with Gasteiger partial charge in [0, 0.05) is 0 Å². The van der Waals surface area contributed by atoms with Crippen LogP contribution in [0, 0.1) is 0 Å². The maximum absolute atomic E-state index is 11.7. The molecule has 0 aromatic heterocycles. The van der Waals surface area contributed by atoms with Crippen LogP contribution in [0.15, 0.2) is 0 Å². The Balaban J connectivity index is 4.15. The predicted octanol–water partition coefficient (Wildman–Crippen LogP) is 3.36. The molecule has 0 nitrogen and oxygen atoms in total. The summed E-state index contributed by atoms with van der Waals surface area (Å²) < 4.78 is 65.4. The molecule has 0 radical (unpaired) electrons. The van der Waals surface area contributed by atoms with E-state index < -0.39 is 33.3 Å². The van der Waals surface area contributed by atoms with Gasteiger partial charge in [0.05, 0.1) is 0 Å². The molecule has 0 amide bonds. The van der Waals surface area contributed by atoms with Crippen LogP contribution in [0.1, 0.15) is 0 Å². The minimum Gasteiger partial charge on any atom is -0.169 e. The lowest BCUT2D eigenvalue weighted by Crippen LogP contribution is -2.27. The number of halogens is 6. The summed E-state index contributed by atoms with van der Waals surface area (Å²) in [4.78, 5) is 0. The largest absolute Gasteiger partial charge is 0.409 e. The molecule has 0 fully saturated rings. The maximum atomic E-state index is 11.7. The zero-order chi connectivity index (χ0) is 10.9. The predicted molar refractivity (Wildman–Crippen MR) is 45.2 cm³/mol. The molecule has 0 N–H and O–H groups in total. The van der Waals surface area contributed by atoms with Crippen LogP contribution in [-0.4, -0.2) is 21.5 Å². The Hall–Kier alpha value is 0.630. The molecule has 0 saturated heterocycles. The number of thiol groups is 2. The fourth-order valence-electron chi connectivity index (χ4n) is 0.276. The highest BCUT2D eigenvalue weighted by Gasteiger charge is 2.45. The topological polar surface area (TPSA) is 0 Å². The van der Waals surface area contributed by atoms with Crippen molar-refractivity contribution in [2.45, 2.75) is 21.5 Å². The molecule has 0 saturated carbocycles. The van der Waals surface area contributed by atoms with Crippen LogP contribution in [0.2, 0.25) is 0 Å². The first kappa shape index (κ1) is 13.6. The summed E-state index contributed by atoms with van der Waals surface area (Å²) in [5.41, 5.74) is 0. The van der Waals surface area contributed by atoms with Crippen molar-refractivity contribution in [3.8, 4) is 0 Å². The first-order valence-electron chi connectivity index (χ1n) is 2.70. The third-order valence-corrected chi connectivity index (χ3v) is 3.18. The molecule has 0 aromatic rings. The van der Waals surface area contributed by atoms with Gasteiger partial charge in [0.2, 0.25) is 0 Å². The summed E-state index contributed by atoms with van der Waals surface area (Å²) in [7, 11) is 0. The van der Waals surface area contributed by atoms with E-state index >= 15 is 0 Å². The third-order valence-electron chi connectivity index (χ3n) is 0.818. The molecule has 13 heavy (non-hydrogen) atoms. The number of thioether (sulfide) groups is 1. The van der Waals surface area contributed by atoms with Crippen molar-refractivity contribution >= 4 is 37.0 Å². The third kappa shape index (κ3) is 5.16. The molecule has 0 bridgehead atoms. The van der Waals surface area contributed by atoms with Crippen LogP contribution < -0.4 is 0 Å². The molecule has 0 spiro atoms. The van der Waals surface area contributed by atoms with Gasteiger partial charge in [0.1, 0.15) is 9.16 Å². The quantitative estimate of drug-likeness (QED) is 0.437. The summed E-state index contributed by atoms with van der Waals surface area (Å²) in [6.45, 7) is 0. The van der Waals surface area contributed by atoms with E-state index in [1.54, 1.807) is 0 Å². The van der Waals surface area contributed by atoms with E-state index in [0.29, 0.717) is 0 Å². The summed E-state index contributed by atoms with van der Waals surface area (Å²) in [5.74, 6) is 0. The first-order valence-corrected chi connectivity index (χ1v) is 4.67. The molecule has 0 aliphatic carbocycles. The average molecular weight is 262 g/mol. The van der Waals surface area contributed by atoms with Crippen molar-refractivity contribution in [2.24, 2.45) is 0 Å². The molecule has 0 aromatic carbocycles. The van der Waals surface area contributed by atoms with Gasteiger partial charge < -0.3 is 0 Å². The monoisotopic (exact) mass is 262 g/mol. The van der Waals surface area contributed by atoms with Crippen molar-refractivity contribution in [3.63, 3.8) is 0 Å². The Morgan fingerprint density at radius 2 is 1.00 bits per heavy atom. The Morgan fingerprint density at radius 1 is 0.769 bits per heavy atom. The van der Waals surface area contributed by atoms with Crippen molar-refractivity contribution in [1.82, 2.24) is 0 Å². The highest BCUT2D eigenvalue weighted by Crippen LogP contribution is 2.42. The van der Waals surface area contributed by atoms with Crippen molar-refractivity contribution in [3.05, 3.63) is 0 Å². The van der Waals surface area contributed by atoms with Gasteiger partial charge in [-0.25, -0.2) is 0 Å². The molecule has 0 rings (SSSR count). The molecule has 0 heterocycles. The molecular formula is C4H4F6S3. The molecule has 0 aliphatic rings. The molecular weight excluding hydrogens is 258 g/mol. The van der Waals surface area contributed by atoms with E-state index in [-0.39, 0.29) is 0 Å². The van der Waals surface area contributed by atoms with Gasteiger partial charge in [0.15, 0.2) is 0 Å². The second-order valence-electron chi connectivity index (χ2n) is 1.92. The zero-order valence-electron chi connectivity index (χ0n) is 5.73. The summed E-state index contributed by atoms with van der Waals surface area (Å²) in [5, 5.41) is 0. The molecule has 0 aliphatic heterocycles. The average Bonchev–Trinajstić information content (AvgIpc) is 1.82. The van der Waals surface area contributed by atoms with E-state index in [2.05, 4.69) is 25.3 Å². The summed E-state index contributed by atoms with van der Waals surface area (Å²) in [6, 6.07) is 0. The second-order valence-corrected chi connectivity index (χ2v) is 4.87. The number of alkyl halides is 6. The molecule has 9 heteroatoms. The van der Waals surface area contributed by atoms with Crippen LogP contribution in [0.3, 0.4) is 0 Å². The molecule has 2 unspecified atom stereocenters. The van der Waals surface area contributed by atoms with E-state index in [4.69, 9.17) is 0 Å². The normalized spacial score (nSPS) is 18.5. The van der Waals surface area contributed by atoms with Gasteiger partial charge in [-0.3, -0.25) is 0 Å². The second kappa shape index (κ2) is 4.43. The van der Waals surface area contributed by atoms with E-state index in [9.17, 15) is 26.3 Å². The van der Waals surface area contributed by atoms with Gasteiger partial charge in [0.25, 0.3) is 0 Å². The van der Waals surface area contributed by atoms with Gasteiger partial charge in [-0.1, -0.05) is 0 Å². The van der Waals surface area contributed by atoms with Gasteiger partial charge in [-0.05, 0) is 0 Å². The fourth-order valence-corrected chi connectivity index (χ4v) is 1.85. The number of rotatable bonds is 2. The van der Waals surface area contributed by atoms with Crippen molar-refractivity contribution < 1.29 is 26.3 Å². The smallest absolute Gasteiger partial charge is 0.169 e. The minimum atomic E-state index is -4.76.